The smallest absolute Gasteiger partial charge is 0.147 e. The van der Waals surface area contributed by atoms with Gasteiger partial charge in [0, 0.05) is 11.8 Å². The second-order valence-electron chi connectivity index (χ2n) is 4.19. The lowest BCUT2D eigenvalue weighted by Crippen LogP contribution is -1.94. The number of nitriles is 1. The van der Waals surface area contributed by atoms with E-state index in [1.54, 1.807) is 18.2 Å². The topological polar surface area (TPSA) is 59.0 Å². The maximum atomic E-state index is 9.06. The van der Waals surface area contributed by atoms with E-state index in [0.29, 0.717) is 17.0 Å². The lowest BCUT2D eigenvalue weighted by atomic mass is 10.1. The zero-order valence-electron chi connectivity index (χ0n) is 10.4. The van der Waals surface area contributed by atoms with Crippen molar-refractivity contribution in [1.82, 2.24) is 0 Å². The van der Waals surface area contributed by atoms with E-state index >= 15 is 0 Å². The second-order valence-corrected chi connectivity index (χ2v) is 4.19. The molecular weight excluding hydrogens is 224 g/mol. The normalized spacial score (nSPS) is 9.83. The Morgan fingerprint density at radius 1 is 1.11 bits per heavy atom. The first-order valence-corrected chi connectivity index (χ1v) is 5.65. The fraction of sp³-hybridized carbons (Fsp3) is 0.133. The molecule has 2 aromatic rings. The first kappa shape index (κ1) is 12.0. The molecule has 0 aliphatic rings. The number of benzene rings is 2. The summed E-state index contributed by atoms with van der Waals surface area (Å²) in [6, 6.07) is 13.0. The number of para-hydroxylation sites is 1. The summed E-state index contributed by atoms with van der Waals surface area (Å²) in [5.41, 5.74) is 8.84. The molecule has 3 heteroatoms. The van der Waals surface area contributed by atoms with Gasteiger partial charge in [0.05, 0.1) is 5.56 Å². The summed E-state index contributed by atoms with van der Waals surface area (Å²) >= 11 is 0. The van der Waals surface area contributed by atoms with Gasteiger partial charge in [0.25, 0.3) is 0 Å². The van der Waals surface area contributed by atoms with E-state index in [1.807, 2.05) is 32.0 Å². The van der Waals surface area contributed by atoms with E-state index < -0.39 is 0 Å². The van der Waals surface area contributed by atoms with Gasteiger partial charge in [-0.2, -0.15) is 5.26 Å². The molecule has 0 heterocycles. The summed E-state index contributed by atoms with van der Waals surface area (Å²) < 4.78 is 5.84. The molecule has 18 heavy (non-hydrogen) atoms. The van der Waals surface area contributed by atoms with Crippen LogP contribution in [0.3, 0.4) is 0 Å². The van der Waals surface area contributed by atoms with Crippen LogP contribution in [0.2, 0.25) is 0 Å². The van der Waals surface area contributed by atoms with E-state index in [4.69, 9.17) is 15.7 Å². The summed E-state index contributed by atoms with van der Waals surface area (Å²) in [6.07, 6.45) is 0. The standard InChI is InChI=1S/C15H14N2O/c1-10-4-3-5-11(2)15(10)18-14-8-13(17)7-6-12(14)9-16/h3-8H,17H2,1-2H3. The maximum absolute atomic E-state index is 9.06. The van der Waals surface area contributed by atoms with Gasteiger partial charge in [-0.05, 0) is 37.1 Å². The molecule has 2 rings (SSSR count). The van der Waals surface area contributed by atoms with Gasteiger partial charge in [0.1, 0.15) is 17.6 Å². The van der Waals surface area contributed by atoms with Crippen molar-refractivity contribution < 1.29 is 4.74 Å². The third-order valence-electron chi connectivity index (χ3n) is 2.75. The lowest BCUT2D eigenvalue weighted by Gasteiger charge is -2.12. The van der Waals surface area contributed by atoms with Crippen molar-refractivity contribution in [3.05, 3.63) is 53.1 Å². The summed E-state index contributed by atoms with van der Waals surface area (Å²) in [6.45, 7) is 3.95. The molecular formula is C15H14N2O. The van der Waals surface area contributed by atoms with Crippen LogP contribution in [0, 0.1) is 25.2 Å². The Bertz CT molecular complexity index is 607. The van der Waals surface area contributed by atoms with Crippen LogP contribution < -0.4 is 10.5 Å². The minimum atomic E-state index is 0.479. The number of hydrogen-bond acceptors (Lipinski definition) is 3. The molecule has 0 saturated heterocycles. The Balaban J connectivity index is 2.46. The van der Waals surface area contributed by atoms with Crippen molar-refractivity contribution in [2.75, 3.05) is 5.73 Å². The van der Waals surface area contributed by atoms with Crippen LogP contribution in [0.4, 0.5) is 5.69 Å². The lowest BCUT2D eigenvalue weighted by molar-refractivity contribution is 0.474. The molecule has 0 saturated carbocycles. The van der Waals surface area contributed by atoms with Crippen molar-refractivity contribution in [3.63, 3.8) is 0 Å². The molecule has 0 aliphatic heterocycles. The molecule has 2 N–H and O–H groups in total. The molecule has 2 aromatic carbocycles. The van der Waals surface area contributed by atoms with Crippen LogP contribution in [0.5, 0.6) is 11.5 Å². The van der Waals surface area contributed by atoms with Crippen LogP contribution in [0.25, 0.3) is 0 Å². The van der Waals surface area contributed by atoms with Crippen molar-refractivity contribution in [2.45, 2.75) is 13.8 Å². The largest absolute Gasteiger partial charge is 0.455 e. The van der Waals surface area contributed by atoms with E-state index in [1.165, 1.54) is 0 Å². The number of hydrogen-bond donors (Lipinski definition) is 1. The van der Waals surface area contributed by atoms with E-state index in [2.05, 4.69) is 6.07 Å². The minimum Gasteiger partial charge on any atom is -0.455 e. The molecule has 0 bridgehead atoms. The van der Waals surface area contributed by atoms with Crippen LogP contribution >= 0.6 is 0 Å². The Hall–Kier alpha value is -2.47. The predicted octanol–water partition coefficient (Wildman–Crippen LogP) is 3.55. The maximum Gasteiger partial charge on any atom is 0.147 e. The van der Waals surface area contributed by atoms with Gasteiger partial charge in [0.15, 0.2) is 0 Å². The molecule has 0 unspecified atom stereocenters. The average molecular weight is 238 g/mol. The van der Waals surface area contributed by atoms with Gasteiger partial charge >= 0.3 is 0 Å². The number of aryl methyl sites for hydroxylation is 2. The molecule has 90 valence electrons. The Labute approximate surface area is 106 Å². The van der Waals surface area contributed by atoms with Crippen LogP contribution in [-0.4, -0.2) is 0 Å². The van der Waals surface area contributed by atoms with E-state index in [0.717, 1.165) is 16.9 Å². The zero-order valence-corrected chi connectivity index (χ0v) is 10.4. The number of ether oxygens (including phenoxy) is 1. The Morgan fingerprint density at radius 2 is 1.78 bits per heavy atom. The third-order valence-corrected chi connectivity index (χ3v) is 2.75. The quantitative estimate of drug-likeness (QED) is 0.814. The van der Waals surface area contributed by atoms with Gasteiger partial charge < -0.3 is 10.5 Å². The predicted molar refractivity (Wildman–Crippen MR) is 71.6 cm³/mol. The molecule has 0 amide bonds. The second kappa shape index (κ2) is 4.80. The van der Waals surface area contributed by atoms with Gasteiger partial charge in [-0.15, -0.1) is 0 Å². The van der Waals surface area contributed by atoms with Gasteiger partial charge in [-0.25, -0.2) is 0 Å². The van der Waals surface area contributed by atoms with Gasteiger partial charge in [-0.1, -0.05) is 18.2 Å². The number of rotatable bonds is 2. The number of nitrogens with two attached hydrogens (primary N) is 1. The van der Waals surface area contributed by atoms with Gasteiger partial charge in [0.2, 0.25) is 0 Å². The van der Waals surface area contributed by atoms with Crippen LogP contribution in [-0.2, 0) is 0 Å². The van der Waals surface area contributed by atoms with Crippen molar-refractivity contribution in [3.8, 4) is 17.6 Å². The van der Waals surface area contributed by atoms with Crippen molar-refractivity contribution in [2.24, 2.45) is 0 Å². The van der Waals surface area contributed by atoms with Crippen molar-refractivity contribution >= 4 is 5.69 Å². The van der Waals surface area contributed by atoms with Crippen molar-refractivity contribution in [1.29, 1.82) is 5.26 Å². The SMILES string of the molecule is Cc1cccc(C)c1Oc1cc(N)ccc1C#N. The summed E-state index contributed by atoms with van der Waals surface area (Å²) in [4.78, 5) is 0. The minimum absolute atomic E-state index is 0.479. The summed E-state index contributed by atoms with van der Waals surface area (Å²) in [5.74, 6) is 1.27. The molecule has 0 spiro atoms. The third kappa shape index (κ3) is 2.28. The number of anilines is 1. The van der Waals surface area contributed by atoms with Crippen LogP contribution in [0.15, 0.2) is 36.4 Å². The molecule has 0 radical (unpaired) electrons. The molecule has 3 nitrogen and oxygen atoms in total. The van der Waals surface area contributed by atoms with E-state index in [-0.39, 0.29) is 0 Å². The van der Waals surface area contributed by atoms with E-state index in [9.17, 15) is 0 Å². The fourth-order valence-corrected chi connectivity index (χ4v) is 1.79. The molecule has 0 fully saturated rings. The summed E-state index contributed by atoms with van der Waals surface area (Å²) in [5, 5.41) is 9.06. The highest BCUT2D eigenvalue weighted by Gasteiger charge is 2.09. The molecule has 0 aliphatic carbocycles. The van der Waals surface area contributed by atoms with Gasteiger partial charge in [-0.3, -0.25) is 0 Å². The Kier molecular flexibility index (Phi) is 3.20. The highest BCUT2D eigenvalue weighted by Crippen LogP contribution is 2.31. The first-order valence-electron chi connectivity index (χ1n) is 5.65. The monoisotopic (exact) mass is 238 g/mol. The highest BCUT2D eigenvalue weighted by atomic mass is 16.5. The van der Waals surface area contributed by atoms with Crippen LogP contribution in [0.1, 0.15) is 16.7 Å². The Morgan fingerprint density at radius 3 is 2.39 bits per heavy atom. The average Bonchev–Trinajstić information content (AvgIpc) is 2.34. The zero-order chi connectivity index (χ0) is 13.1. The summed E-state index contributed by atoms with van der Waals surface area (Å²) in [7, 11) is 0. The molecule has 0 atom stereocenters. The molecule has 0 aromatic heterocycles. The number of nitrogens with zero attached hydrogens (tertiary/aromatic N) is 1. The fourth-order valence-electron chi connectivity index (χ4n) is 1.79. The number of nitrogen functional groups attached to an aromatic ring is 1. The highest BCUT2D eigenvalue weighted by molar-refractivity contribution is 5.55. The first-order chi connectivity index (χ1) is 8.61.